The van der Waals surface area contributed by atoms with E-state index in [1.54, 1.807) is 6.07 Å². The Morgan fingerprint density at radius 2 is 2.00 bits per heavy atom. The summed E-state index contributed by atoms with van der Waals surface area (Å²) in [7, 11) is 1.12. The standard InChI is InChI=1S/C14H10F3NO2/c1-20-13(19)9-4-5-11(10-3-2-6-18-8-10)12(7-9)14(15,16)17/h2-8H,1H3. The molecule has 0 aliphatic rings. The summed E-state index contributed by atoms with van der Waals surface area (Å²) in [6, 6.07) is 6.39. The highest BCUT2D eigenvalue weighted by Gasteiger charge is 2.34. The van der Waals surface area contributed by atoms with Gasteiger partial charge in [-0.3, -0.25) is 4.98 Å². The van der Waals surface area contributed by atoms with Crippen molar-refractivity contribution >= 4 is 5.97 Å². The summed E-state index contributed by atoms with van der Waals surface area (Å²) in [4.78, 5) is 15.1. The third-order valence-electron chi connectivity index (χ3n) is 2.72. The second-order valence-electron chi connectivity index (χ2n) is 3.99. The maximum absolute atomic E-state index is 13.1. The average Bonchev–Trinajstić information content (AvgIpc) is 2.46. The van der Waals surface area contributed by atoms with Crippen LogP contribution in [0.5, 0.6) is 0 Å². The Morgan fingerprint density at radius 1 is 1.25 bits per heavy atom. The molecule has 0 N–H and O–H groups in total. The molecule has 6 heteroatoms. The smallest absolute Gasteiger partial charge is 0.417 e. The first kappa shape index (κ1) is 14.0. The number of hydrogen-bond acceptors (Lipinski definition) is 3. The highest BCUT2D eigenvalue weighted by Crippen LogP contribution is 2.37. The Balaban J connectivity index is 2.61. The molecule has 0 spiro atoms. The number of methoxy groups -OCH3 is 1. The van der Waals surface area contributed by atoms with E-state index in [1.807, 2.05) is 0 Å². The molecule has 0 bridgehead atoms. The van der Waals surface area contributed by atoms with E-state index in [9.17, 15) is 18.0 Å². The highest BCUT2D eigenvalue weighted by atomic mass is 19.4. The van der Waals surface area contributed by atoms with Crippen LogP contribution in [0.1, 0.15) is 15.9 Å². The second kappa shape index (κ2) is 5.32. The predicted octanol–water partition coefficient (Wildman–Crippen LogP) is 3.55. The molecule has 2 rings (SSSR count). The first-order valence-corrected chi connectivity index (χ1v) is 5.63. The van der Waals surface area contributed by atoms with Gasteiger partial charge in [0.05, 0.1) is 18.2 Å². The molecule has 20 heavy (non-hydrogen) atoms. The van der Waals surface area contributed by atoms with E-state index in [1.165, 1.54) is 30.6 Å². The summed E-state index contributed by atoms with van der Waals surface area (Å²) in [5.41, 5.74) is -0.740. The van der Waals surface area contributed by atoms with E-state index < -0.39 is 17.7 Å². The fourth-order valence-corrected chi connectivity index (χ4v) is 1.80. The fraction of sp³-hybridized carbons (Fsp3) is 0.143. The Hall–Kier alpha value is -2.37. The number of carbonyl (C=O) groups excluding carboxylic acids is 1. The van der Waals surface area contributed by atoms with Crippen LogP contribution >= 0.6 is 0 Å². The molecule has 1 aromatic carbocycles. The quantitative estimate of drug-likeness (QED) is 0.790. The molecule has 1 heterocycles. The SMILES string of the molecule is COC(=O)c1ccc(-c2cccnc2)c(C(F)(F)F)c1. The van der Waals surface area contributed by atoms with Gasteiger partial charge in [-0.25, -0.2) is 4.79 Å². The van der Waals surface area contributed by atoms with E-state index in [2.05, 4.69) is 9.72 Å². The average molecular weight is 281 g/mol. The number of ether oxygens (including phenoxy) is 1. The Kier molecular flexibility index (Phi) is 3.74. The van der Waals surface area contributed by atoms with Crippen LogP contribution in [0.4, 0.5) is 13.2 Å². The normalized spacial score (nSPS) is 11.2. The molecule has 1 aromatic heterocycles. The van der Waals surface area contributed by atoms with Crippen LogP contribution in [-0.2, 0) is 10.9 Å². The summed E-state index contributed by atoms with van der Waals surface area (Å²) in [6.45, 7) is 0. The Bertz CT molecular complexity index is 624. The van der Waals surface area contributed by atoms with Crippen molar-refractivity contribution in [3.63, 3.8) is 0 Å². The number of carbonyl (C=O) groups is 1. The Labute approximate surface area is 113 Å². The van der Waals surface area contributed by atoms with Crippen molar-refractivity contribution in [2.24, 2.45) is 0 Å². The third kappa shape index (κ3) is 2.79. The minimum atomic E-state index is -4.57. The van der Waals surface area contributed by atoms with Gasteiger partial charge in [-0.2, -0.15) is 13.2 Å². The number of halogens is 3. The summed E-state index contributed by atoms with van der Waals surface area (Å²) < 4.78 is 43.8. The lowest BCUT2D eigenvalue weighted by Crippen LogP contribution is -2.10. The minimum Gasteiger partial charge on any atom is -0.465 e. The summed E-state index contributed by atoms with van der Waals surface area (Å²) in [6.07, 6.45) is -1.77. The molecule has 0 saturated heterocycles. The zero-order valence-corrected chi connectivity index (χ0v) is 10.4. The van der Waals surface area contributed by atoms with Gasteiger partial charge in [-0.05, 0) is 23.8 Å². The first-order valence-electron chi connectivity index (χ1n) is 5.63. The lowest BCUT2D eigenvalue weighted by molar-refractivity contribution is -0.137. The zero-order chi connectivity index (χ0) is 14.8. The van der Waals surface area contributed by atoms with Gasteiger partial charge in [0, 0.05) is 18.0 Å². The summed E-state index contributed by atoms with van der Waals surface area (Å²) in [5.74, 6) is -0.812. The third-order valence-corrected chi connectivity index (χ3v) is 2.72. The van der Waals surface area contributed by atoms with Crippen LogP contribution < -0.4 is 0 Å². The highest BCUT2D eigenvalue weighted by molar-refractivity contribution is 5.90. The van der Waals surface area contributed by atoms with E-state index in [4.69, 9.17) is 0 Å². The molecule has 0 unspecified atom stereocenters. The number of benzene rings is 1. The lowest BCUT2D eigenvalue weighted by Gasteiger charge is -2.14. The van der Waals surface area contributed by atoms with Gasteiger partial charge < -0.3 is 4.74 Å². The Morgan fingerprint density at radius 3 is 2.55 bits per heavy atom. The zero-order valence-electron chi connectivity index (χ0n) is 10.4. The minimum absolute atomic E-state index is 0.0294. The van der Waals surface area contributed by atoms with Crippen LogP contribution in [-0.4, -0.2) is 18.1 Å². The molecular formula is C14H10F3NO2. The number of nitrogens with zero attached hydrogens (tertiary/aromatic N) is 1. The van der Waals surface area contributed by atoms with Crippen molar-refractivity contribution in [3.05, 3.63) is 53.9 Å². The van der Waals surface area contributed by atoms with Gasteiger partial charge in [0.15, 0.2) is 0 Å². The second-order valence-corrected chi connectivity index (χ2v) is 3.99. The van der Waals surface area contributed by atoms with Crippen LogP contribution in [0, 0.1) is 0 Å². The van der Waals surface area contributed by atoms with Crippen molar-refractivity contribution in [2.75, 3.05) is 7.11 Å². The number of alkyl halides is 3. The monoisotopic (exact) mass is 281 g/mol. The van der Waals surface area contributed by atoms with E-state index >= 15 is 0 Å². The molecule has 0 saturated carbocycles. The van der Waals surface area contributed by atoms with E-state index in [0.717, 1.165) is 13.2 Å². The molecule has 0 radical (unpaired) electrons. The van der Waals surface area contributed by atoms with Gasteiger partial charge in [0.1, 0.15) is 0 Å². The van der Waals surface area contributed by atoms with Crippen molar-refractivity contribution in [2.45, 2.75) is 6.18 Å². The first-order chi connectivity index (χ1) is 9.43. The van der Waals surface area contributed by atoms with E-state index in [-0.39, 0.29) is 11.1 Å². The molecular weight excluding hydrogens is 271 g/mol. The topological polar surface area (TPSA) is 39.2 Å². The number of rotatable bonds is 2. The van der Waals surface area contributed by atoms with Crippen LogP contribution in [0.25, 0.3) is 11.1 Å². The molecule has 0 atom stereocenters. The molecule has 2 aromatic rings. The van der Waals surface area contributed by atoms with Crippen LogP contribution in [0.15, 0.2) is 42.7 Å². The van der Waals surface area contributed by atoms with Gasteiger partial charge in [-0.1, -0.05) is 12.1 Å². The molecule has 0 amide bonds. The molecule has 0 aliphatic carbocycles. The van der Waals surface area contributed by atoms with Crippen molar-refractivity contribution in [1.82, 2.24) is 4.98 Å². The number of esters is 1. The molecule has 0 aliphatic heterocycles. The number of hydrogen-bond donors (Lipinski definition) is 0. The predicted molar refractivity (Wildman–Crippen MR) is 66.0 cm³/mol. The van der Waals surface area contributed by atoms with E-state index in [0.29, 0.717) is 5.56 Å². The molecule has 104 valence electrons. The van der Waals surface area contributed by atoms with Crippen LogP contribution in [0.2, 0.25) is 0 Å². The maximum Gasteiger partial charge on any atom is 0.417 e. The maximum atomic E-state index is 13.1. The number of pyridine rings is 1. The van der Waals surface area contributed by atoms with Gasteiger partial charge in [-0.15, -0.1) is 0 Å². The van der Waals surface area contributed by atoms with Gasteiger partial charge in [0.2, 0.25) is 0 Å². The number of aromatic nitrogens is 1. The molecule has 3 nitrogen and oxygen atoms in total. The molecule has 0 fully saturated rings. The van der Waals surface area contributed by atoms with Crippen molar-refractivity contribution in [1.29, 1.82) is 0 Å². The van der Waals surface area contributed by atoms with Gasteiger partial charge >= 0.3 is 12.1 Å². The lowest BCUT2D eigenvalue weighted by atomic mass is 9.98. The summed E-state index contributed by atoms with van der Waals surface area (Å²) in [5, 5.41) is 0. The largest absolute Gasteiger partial charge is 0.465 e. The van der Waals surface area contributed by atoms with Gasteiger partial charge in [0.25, 0.3) is 0 Å². The summed E-state index contributed by atoms with van der Waals surface area (Å²) >= 11 is 0. The van der Waals surface area contributed by atoms with Crippen LogP contribution in [0.3, 0.4) is 0 Å². The van der Waals surface area contributed by atoms with Crippen molar-refractivity contribution in [3.8, 4) is 11.1 Å². The fourth-order valence-electron chi connectivity index (χ4n) is 1.80. The van der Waals surface area contributed by atoms with Crippen molar-refractivity contribution < 1.29 is 22.7 Å².